The van der Waals surface area contributed by atoms with Crippen molar-refractivity contribution in [3.63, 3.8) is 0 Å². The molecule has 0 N–H and O–H groups in total. The summed E-state index contributed by atoms with van der Waals surface area (Å²) < 4.78 is 0.0395. The molecule has 2 heterocycles. The van der Waals surface area contributed by atoms with Gasteiger partial charge in [-0.25, -0.2) is 0 Å². The Morgan fingerprint density at radius 3 is 2.74 bits per heavy atom. The van der Waals surface area contributed by atoms with Gasteiger partial charge in [0.25, 0.3) is 5.91 Å². The van der Waals surface area contributed by atoms with Crippen molar-refractivity contribution in [2.75, 3.05) is 0 Å². The van der Waals surface area contributed by atoms with Crippen LogP contribution in [-0.2, 0) is 14.4 Å². The Kier molecular flexibility index (Phi) is 5.45. The first-order chi connectivity index (χ1) is 10.9. The summed E-state index contributed by atoms with van der Waals surface area (Å²) >= 11 is 5.99. The van der Waals surface area contributed by atoms with E-state index in [4.69, 9.17) is 12.2 Å². The summed E-state index contributed by atoms with van der Waals surface area (Å²) in [6.45, 7) is 0. The summed E-state index contributed by atoms with van der Waals surface area (Å²) in [6.07, 6.45) is 3.81. The molecule has 0 radical (unpaired) electrons. The third-order valence-electron chi connectivity index (χ3n) is 3.01. The highest BCUT2D eigenvalue weighted by molar-refractivity contribution is 8.26. The van der Waals surface area contributed by atoms with Crippen molar-refractivity contribution in [1.29, 1.82) is 0 Å². The van der Waals surface area contributed by atoms with E-state index in [9.17, 15) is 24.6 Å². The van der Waals surface area contributed by atoms with Gasteiger partial charge in [0, 0.05) is 18.4 Å². The molecule has 9 heteroatoms. The molecule has 0 aliphatic carbocycles. The number of rotatable bonds is 6. The van der Waals surface area contributed by atoms with E-state index in [-0.39, 0.29) is 15.6 Å². The number of hydrogen-bond donors (Lipinski definition) is 0. The molecule has 1 saturated heterocycles. The molecule has 1 fully saturated rings. The van der Waals surface area contributed by atoms with Crippen LogP contribution in [0.4, 0.5) is 0 Å². The molecule has 0 bridgehead atoms. The lowest BCUT2D eigenvalue weighted by Gasteiger charge is -2.27. The van der Waals surface area contributed by atoms with Crippen molar-refractivity contribution in [2.24, 2.45) is 0 Å². The monoisotopic (exact) mass is 350 g/mol. The van der Waals surface area contributed by atoms with E-state index in [1.54, 1.807) is 24.5 Å². The Labute approximate surface area is 141 Å². The van der Waals surface area contributed by atoms with Crippen LogP contribution in [0, 0.1) is 0 Å². The number of amides is 1. The van der Waals surface area contributed by atoms with Crippen LogP contribution in [0.3, 0.4) is 0 Å². The number of nitrogens with zero attached hydrogens (tertiary/aromatic N) is 2. The quantitative estimate of drug-likeness (QED) is 0.471. The second kappa shape index (κ2) is 7.34. The Bertz CT molecular complexity index is 690. The Morgan fingerprint density at radius 2 is 2.17 bits per heavy atom. The van der Waals surface area contributed by atoms with Gasteiger partial charge in [0.2, 0.25) is 0 Å². The molecule has 7 nitrogen and oxygen atoms in total. The van der Waals surface area contributed by atoms with Crippen LogP contribution < -0.4 is 10.2 Å². The number of hydrogen-bond acceptors (Lipinski definition) is 8. The molecule has 0 unspecified atom stereocenters. The topological polar surface area (TPSA) is 113 Å². The fourth-order valence-electron chi connectivity index (χ4n) is 1.97. The van der Waals surface area contributed by atoms with Gasteiger partial charge in [-0.2, -0.15) is 0 Å². The number of carboxylic acids is 2. The zero-order valence-corrected chi connectivity index (χ0v) is 13.3. The lowest BCUT2D eigenvalue weighted by atomic mass is 10.1. The van der Waals surface area contributed by atoms with E-state index in [2.05, 4.69) is 4.98 Å². The van der Waals surface area contributed by atoms with Gasteiger partial charge < -0.3 is 19.8 Å². The van der Waals surface area contributed by atoms with Gasteiger partial charge >= 0.3 is 0 Å². The normalized spacial score (nSPS) is 17.6. The third kappa shape index (κ3) is 4.14. The van der Waals surface area contributed by atoms with Crippen LogP contribution in [0.1, 0.15) is 18.4 Å². The maximum absolute atomic E-state index is 12.4. The highest BCUT2D eigenvalue weighted by Gasteiger charge is 2.37. The molecule has 120 valence electrons. The Balaban J connectivity index is 2.24. The number of carboxylic acid groups (broad SMARTS) is 2. The number of pyridine rings is 1. The van der Waals surface area contributed by atoms with Crippen LogP contribution in [-0.4, -0.2) is 38.1 Å². The van der Waals surface area contributed by atoms with Gasteiger partial charge in [0.05, 0.1) is 16.9 Å². The smallest absolute Gasteiger partial charge is 0.266 e. The molecule has 1 aliphatic rings. The number of thiocarbonyl (C=S) groups is 1. The second-order valence-electron chi connectivity index (χ2n) is 4.58. The maximum atomic E-state index is 12.4. The van der Waals surface area contributed by atoms with E-state index in [0.29, 0.717) is 5.56 Å². The van der Waals surface area contributed by atoms with Crippen molar-refractivity contribution in [2.45, 2.75) is 18.9 Å². The average molecular weight is 350 g/mol. The molecular formula is C14H10N2O5S2-2. The zero-order chi connectivity index (χ0) is 17.0. The minimum absolute atomic E-state index is 0.0395. The van der Waals surface area contributed by atoms with Crippen LogP contribution in [0.2, 0.25) is 0 Å². The first kappa shape index (κ1) is 17.1. The predicted molar refractivity (Wildman–Crippen MR) is 82.3 cm³/mol. The standard InChI is InChI=1S/C14H12N2O5S2/c17-11(18)4-3-9(13(20)21)16-12(19)10(23-14(16)22)6-8-2-1-5-15-7-8/h1-2,5-7,9H,3-4H2,(H,17,18)(H,20,21)/p-2/b10-6-/t9-/m1/s1. The average Bonchev–Trinajstić information content (AvgIpc) is 2.75. The maximum Gasteiger partial charge on any atom is 0.266 e. The van der Waals surface area contributed by atoms with Crippen molar-refractivity contribution < 1.29 is 24.6 Å². The minimum Gasteiger partial charge on any atom is -0.550 e. The number of carbonyl (C=O) groups excluding carboxylic acids is 3. The van der Waals surface area contributed by atoms with Crippen molar-refractivity contribution in [3.8, 4) is 0 Å². The Morgan fingerprint density at radius 1 is 1.43 bits per heavy atom. The summed E-state index contributed by atoms with van der Waals surface area (Å²) in [7, 11) is 0. The molecule has 1 aliphatic heterocycles. The summed E-state index contributed by atoms with van der Waals surface area (Å²) in [5, 5.41) is 21.8. The predicted octanol–water partition coefficient (Wildman–Crippen LogP) is -1.07. The lowest BCUT2D eigenvalue weighted by molar-refractivity contribution is -0.311. The van der Waals surface area contributed by atoms with E-state index < -0.39 is 30.3 Å². The van der Waals surface area contributed by atoms with Crippen molar-refractivity contribution in [1.82, 2.24) is 9.88 Å². The minimum atomic E-state index is -1.56. The highest BCUT2D eigenvalue weighted by atomic mass is 32.2. The van der Waals surface area contributed by atoms with Crippen LogP contribution in [0.25, 0.3) is 6.08 Å². The molecule has 0 saturated carbocycles. The summed E-state index contributed by atoms with van der Waals surface area (Å²) in [5.74, 6) is -3.57. The van der Waals surface area contributed by atoms with E-state index in [0.717, 1.165) is 16.7 Å². The highest BCUT2D eigenvalue weighted by Crippen LogP contribution is 2.34. The van der Waals surface area contributed by atoms with Gasteiger partial charge in [-0.15, -0.1) is 0 Å². The molecule has 1 aromatic rings. The van der Waals surface area contributed by atoms with Gasteiger partial charge in [0.1, 0.15) is 4.32 Å². The number of carbonyl (C=O) groups is 3. The largest absolute Gasteiger partial charge is 0.550 e. The fraction of sp³-hybridized carbons (Fsp3) is 0.214. The molecule has 2 rings (SSSR count). The first-order valence-electron chi connectivity index (χ1n) is 6.48. The molecular weight excluding hydrogens is 340 g/mol. The molecule has 0 spiro atoms. The molecule has 1 atom stereocenters. The van der Waals surface area contributed by atoms with Gasteiger partial charge in [-0.05, 0) is 30.5 Å². The molecule has 1 amide bonds. The van der Waals surface area contributed by atoms with Crippen molar-refractivity contribution in [3.05, 3.63) is 35.0 Å². The molecule has 0 aromatic carbocycles. The van der Waals surface area contributed by atoms with Crippen LogP contribution in [0.15, 0.2) is 29.4 Å². The fourth-order valence-corrected chi connectivity index (χ4v) is 3.32. The molecule has 23 heavy (non-hydrogen) atoms. The van der Waals surface area contributed by atoms with Crippen molar-refractivity contribution >= 4 is 52.2 Å². The van der Waals surface area contributed by atoms with Gasteiger partial charge in [0.15, 0.2) is 0 Å². The number of aliphatic carboxylic acids is 2. The van der Waals surface area contributed by atoms with Crippen LogP contribution in [0.5, 0.6) is 0 Å². The Hall–Kier alpha value is -2.26. The second-order valence-corrected chi connectivity index (χ2v) is 6.26. The SMILES string of the molecule is O=C([O-])CC[C@H](C(=O)[O-])N1C(=O)/C(=C/c2cccnc2)SC1=S. The third-order valence-corrected chi connectivity index (χ3v) is 4.34. The van der Waals surface area contributed by atoms with E-state index >= 15 is 0 Å². The molecule has 1 aromatic heterocycles. The lowest BCUT2D eigenvalue weighted by Crippen LogP contribution is -2.50. The van der Waals surface area contributed by atoms with E-state index in [1.165, 1.54) is 6.08 Å². The number of aromatic nitrogens is 1. The van der Waals surface area contributed by atoms with E-state index in [1.807, 2.05) is 0 Å². The number of thioether (sulfide) groups is 1. The zero-order valence-electron chi connectivity index (χ0n) is 11.6. The van der Waals surface area contributed by atoms with Gasteiger partial charge in [-0.3, -0.25) is 14.7 Å². The summed E-state index contributed by atoms with van der Waals surface area (Å²) in [6, 6.07) is 1.97. The van der Waals surface area contributed by atoms with Gasteiger partial charge in [-0.1, -0.05) is 30.0 Å². The first-order valence-corrected chi connectivity index (χ1v) is 7.70. The van der Waals surface area contributed by atoms with Crippen LogP contribution >= 0.6 is 24.0 Å². The summed E-state index contributed by atoms with van der Waals surface area (Å²) in [5.41, 5.74) is 0.660. The summed E-state index contributed by atoms with van der Waals surface area (Å²) in [4.78, 5) is 39.2.